The van der Waals surface area contributed by atoms with Crippen LogP contribution in [0.1, 0.15) is 37.8 Å². The number of carbonyl (C=O) groups is 1. The summed E-state index contributed by atoms with van der Waals surface area (Å²) in [6.07, 6.45) is 2.36. The van der Waals surface area contributed by atoms with Gasteiger partial charge in [0.15, 0.2) is 0 Å². The van der Waals surface area contributed by atoms with Crippen molar-refractivity contribution in [2.24, 2.45) is 0 Å². The van der Waals surface area contributed by atoms with E-state index in [2.05, 4.69) is 4.74 Å². The summed E-state index contributed by atoms with van der Waals surface area (Å²) < 4.78 is 29.5. The Kier molecular flexibility index (Phi) is 5.12. The second kappa shape index (κ2) is 6.85. The molecule has 1 aliphatic rings. The van der Waals surface area contributed by atoms with E-state index < -0.39 is 18.6 Å². The van der Waals surface area contributed by atoms with Crippen LogP contribution in [0.5, 0.6) is 5.75 Å². The lowest BCUT2D eigenvalue weighted by atomic mass is 9.96. The lowest BCUT2D eigenvalue weighted by Gasteiger charge is -2.38. The van der Waals surface area contributed by atoms with Crippen molar-refractivity contribution in [1.82, 2.24) is 4.90 Å². The summed E-state index contributed by atoms with van der Waals surface area (Å²) in [5, 5.41) is 9.33. The van der Waals surface area contributed by atoms with Crippen molar-refractivity contribution in [3.63, 3.8) is 0 Å². The molecule has 4 nitrogen and oxygen atoms in total. The fourth-order valence-corrected chi connectivity index (χ4v) is 2.89. The van der Waals surface area contributed by atoms with Crippen LogP contribution in [0.15, 0.2) is 24.3 Å². The van der Waals surface area contributed by atoms with Gasteiger partial charge >= 0.3 is 12.6 Å². The molecule has 0 amide bonds. The zero-order valence-electron chi connectivity index (χ0n) is 11.8. The molecule has 116 valence electrons. The van der Waals surface area contributed by atoms with Crippen molar-refractivity contribution >= 4 is 5.97 Å². The highest BCUT2D eigenvalue weighted by Crippen LogP contribution is 2.34. The summed E-state index contributed by atoms with van der Waals surface area (Å²) in [6.45, 7) is -0.425. The molecule has 2 unspecified atom stereocenters. The summed E-state index contributed by atoms with van der Waals surface area (Å²) in [6, 6.07) is 5.69. The van der Waals surface area contributed by atoms with Crippen LogP contribution < -0.4 is 4.74 Å². The number of carboxylic acid groups (broad SMARTS) is 1. The van der Waals surface area contributed by atoms with E-state index in [0.717, 1.165) is 12.8 Å². The number of alkyl halides is 2. The molecule has 6 heteroatoms. The Labute approximate surface area is 122 Å². The van der Waals surface area contributed by atoms with Gasteiger partial charge in [0.05, 0.1) is 0 Å². The van der Waals surface area contributed by atoms with Gasteiger partial charge in [0.2, 0.25) is 0 Å². The smallest absolute Gasteiger partial charge is 0.387 e. The fourth-order valence-electron chi connectivity index (χ4n) is 2.89. The number of piperidine rings is 1. The maximum absolute atomic E-state index is 12.5. The number of nitrogens with zero attached hydrogens (tertiary/aromatic N) is 1. The largest absolute Gasteiger partial charge is 0.480 e. The van der Waals surface area contributed by atoms with E-state index in [1.165, 1.54) is 6.07 Å². The van der Waals surface area contributed by atoms with E-state index in [1.807, 2.05) is 11.8 Å². The van der Waals surface area contributed by atoms with Gasteiger partial charge in [-0.3, -0.25) is 9.69 Å². The van der Waals surface area contributed by atoms with Gasteiger partial charge in [0.1, 0.15) is 11.8 Å². The molecule has 1 heterocycles. The number of halogens is 2. The average molecular weight is 299 g/mol. The second-order valence-corrected chi connectivity index (χ2v) is 5.18. The van der Waals surface area contributed by atoms with Gasteiger partial charge in [0, 0.05) is 11.6 Å². The quantitative estimate of drug-likeness (QED) is 0.906. The van der Waals surface area contributed by atoms with Crippen molar-refractivity contribution in [3.05, 3.63) is 29.8 Å². The molecule has 0 bridgehead atoms. The average Bonchev–Trinajstić information content (AvgIpc) is 2.46. The highest BCUT2D eigenvalue weighted by molar-refractivity contribution is 5.73. The molecule has 0 aliphatic carbocycles. The minimum absolute atomic E-state index is 0.106. The maximum Gasteiger partial charge on any atom is 0.387 e. The van der Waals surface area contributed by atoms with Crippen molar-refractivity contribution in [3.8, 4) is 5.75 Å². The molecule has 0 saturated carbocycles. The molecule has 1 aromatic carbocycles. The number of rotatable bonds is 5. The fraction of sp³-hybridized carbons (Fsp3) is 0.533. The van der Waals surface area contributed by atoms with Gasteiger partial charge < -0.3 is 9.84 Å². The topological polar surface area (TPSA) is 49.8 Å². The van der Waals surface area contributed by atoms with E-state index >= 15 is 0 Å². The van der Waals surface area contributed by atoms with Crippen molar-refractivity contribution in [2.75, 3.05) is 6.54 Å². The van der Waals surface area contributed by atoms with Gasteiger partial charge in [-0.25, -0.2) is 0 Å². The number of hydrogen-bond donors (Lipinski definition) is 1. The second-order valence-electron chi connectivity index (χ2n) is 5.18. The number of hydrogen-bond acceptors (Lipinski definition) is 3. The summed E-state index contributed by atoms with van der Waals surface area (Å²) in [5.74, 6) is -0.761. The Morgan fingerprint density at radius 1 is 1.38 bits per heavy atom. The highest BCUT2D eigenvalue weighted by atomic mass is 19.3. The first-order valence-electron chi connectivity index (χ1n) is 7.03. The van der Waals surface area contributed by atoms with E-state index in [9.17, 15) is 18.7 Å². The summed E-state index contributed by atoms with van der Waals surface area (Å²) >= 11 is 0. The first kappa shape index (κ1) is 15.7. The van der Waals surface area contributed by atoms with Crippen LogP contribution in [0.2, 0.25) is 0 Å². The van der Waals surface area contributed by atoms with E-state index in [1.54, 1.807) is 18.2 Å². The monoisotopic (exact) mass is 299 g/mol. The minimum Gasteiger partial charge on any atom is -0.480 e. The van der Waals surface area contributed by atoms with Crippen molar-refractivity contribution < 1.29 is 23.4 Å². The number of benzene rings is 1. The summed E-state index contributed by atoms with van der Waals surface area (Å²) in [7, 11) is 0. The zero-order chi connectivity index (χ0) is 15.4. The molecule has 1 saturated heterocycles. The van der Waals surface area contributed by atoms with E-state index in [4.69, 9.17) is 0 Å². The predicted molar refractivity (Wildman–Crippen MR) is 73.5 cm³/mol. The van der Waals surface area contributed by atoms with E-state index in [0.29, 0.717) is 18.5 Å². The molecule has 1 aromatic rings. The highest BCUT2D eigenvalue weighted by Gasteiger charge is 2.33. The number of likely N-dealkylation sites (tertiary alicyclic amines) is 1. The molecule has 0 spiro atoms. The zero-order valence-corrected chi connectivity index (χ0v) is 11.8. The van der Waals surface area contributed by atoms with Crippen LogP contribution in [0.3, 0.4) is 0 Å². The molecule has 2 rings (SSSR count). The third kappa shape index (κ3) is 3.69. The molecular formula is C15H19F2NO3. The number of para-hydroxylation sites is 1. The Balaban J connectivity index is 2.25. The molecular weight excluding hydrogens is 280 g/mol. The Morgan fingerprint density at radius 3 is 2.76 bits per heavy atom. The Hall–Kier alpha value is -1.69. The van der Waals surface area contributed by atoms with Gasteiger partial charge in [-0.2, -0.15) is 8.78 Å². The molecule has 2 atom stereocenters. The number of ether oxygens (including phenoxy) is 1. The SMILES string of the molecule is CC(c1ccccc1OC(F)F)N1CCCCC1C(=O)O. The lowest BCUT2D eigenvalue weighted by Crippen LogP contribution is -2.45. The standard InChI is InChI=1S/C15H19F2NO3/c1-10(18-9-5-4-7-12(18)14(19)20)11-6-2-3-8-13(11)21-15(16)17/h2-3,6,8,10,12,15H,4-5,7,9H2,1H3,(H,19,20). The molecule has 21 heavy (non-hydrogen) atoms. The van der Waals surface area contributed by atoms with Gasteiger partial charge in [-0.05, 0) is 32.4 Å². The third-order valence-corrected chi connectivity index (χ3v) is 3.91. The minimum atomic E-state index is -2.89. The summed E-state index contributed by atoms with van der Waals surface area (Å²) in [4.78, 5) is 13.2. The predicted octanol–water partition coefficient (Wildman–Crippen LogP) is 3.29. The first-order valence-corrected chi connectivity index (χ1v) is 7.03. The van der Waals surface area contributed by atoms with Gasteiger partial charge in [0.25, 0.3) is 0 Å². The van der Waals surface area contributed by atoms with Crippen LogP contribution in [0, 0.1) is 0 Å². The number of aliphatic carboxylic acids is 1. The molecule has 0 radical (unpaired) electrons. The van der Waals surface area contributed by atoms with Crippen molar-refractivity contribution in [2.45, 2.75) is 44.9 Å². The normalized spacial score (nSPS) is 21.2. The molecule has 1 aliphatic heterocycles. The molecule has 1 fully saturated rings. The Bertz CT molecular complexity index is 496. The molecule has 1 N–H and O–H groups in total. The third-order valence-electron chi connectivity index (χ3n) is 3.91. The molecule has 0 aromatic heterocycles. The van der Waals surface area contributed by atoms with Gasteiger partial charge in [-0.15, -0.1) is 0 Å². The van der Waals surface area contributed by atoms with Crippen LogP contribution in [0.25, 0.3) is 0 Å². The first-order chi connectivity index (χ1) is 10.0. The van der Waals surface area contributed by atoms with E-state index in [-0.39, 0.29) is 11.8 Å². The number of carboxylic acids is 1. The van der Waals surface area contributed by atoms with Crippen LogP contribution >= 0.6 is 0 Å². The van der Waals surface area contributed by atoms with Crippen LogP contribution in [-0.2, 0) is 4.79 Å². The lowest BCUT2D eigenvalue weighted by molar-refractivity contribution is -0.145. The Morgan fingerprint density at radius 2 is 2.10 bits per heavy atom. The maximum atomic E-state index is 12.5. The summed E-state index contributed by atoms with van der Waals surface area (Å²) in [5.41, 5.74) is 0.589. The van der Waals surface area contributed by atoms with Crippen LogP contribution in [-0.4, -0.2) is 35.2 Å². The van der Waals surface area contributed by atoms with Crippen LogP contribution in [0.4, 0.5) is 8.78 Å². The van der Waals surface area contributed by atoms with Gasteiger partial charge in [-0.1, -0.05) is 24.6 Å². The van der Waals surface area contributed by atoms with Crippen molar-refractivity contribution in [1.29, 1.82) is 0 Å².